The van der Waals surface area contributed by atoms with E-state index in [2.05, 4.69) is 13.5 Å². The molecule has 0 aromatic heterocycles. The summed E-state index contributed by atoms with van der Waals surface area (Å²) < 4.78 is 30.1. The Kier molecular flexibility index (Phi) is 17.2. The highest BCUT2D eigenvalue weighted by atomic mass is 16.6. The van der Waals surface area contributed by atoms with E-state index in [-0.39, 0.29) is 43.1 Å². The molecule has 2 bridgehead atoms. The summed E-state index contributed by atoms with van der Waals surface area (Å²) >= 11 is 0. The second kappa shape index (κ2) is 21.0. The van der Waals surface area contributed by atoms with Crippen LogP contribution in [-0.4, -0.2) is 121 Å². The van der Waals surface area contributed by atoms with Crippen LogP contribution in [0, 0.1) is 29.6 Å². The Morgan fingerprint density at radius 3 is 2.26 bits per heavy atom. The van der Waals surface area contributed by atoms with Gasteiger partial charge in [-0.25, -0.2) is 4.79 Å². The van der Waals surface area contributed by atoms with Crippen molar-refractivity contribution in [1.29, 1.82) is 0 Å². The average molecular weight is 803 g/mol. The second-order valence-corrected chi connectivity index (χ2v) is 17.4. The molecular formula is C44H70N2O11. The summed E-state index contributed by atoms with van der Waals surface area (Å²) in [7, 11) is 4.70. The standard InChI is InChI=1S/C44H70N2O11/c1-10-13-31-19-25(2)18-26(3)20-37(54-8)40-38(55-9)22-28(5)44(45,57-40)41(50)42(51)46-17-12-11-14-32(46)43(52)56-39(29(6)34(48)24-35(31)49)27(4)21-30-15-16-33(47)36(23-30)53-7/h10,19,21,26,28-34,36-40,47-48H,1,11-18,20,22-24,45H2,2-9H3/b25-19+,27-21+/t26-,28+,29+,30-,31+,32-,33+,34-,36+,37-,38-,39+,40+,44?/m0/s1. The second-order valence-electron chi connectivity index (χ2n) is 17.4. The number of fused-ring (bicyclic) bond motifs is 3. The van der Waals surface area contributed by atoms with Gasteiger partial charge in [-0.2, -0.15) is 0 Å². The number of amides is 1. The third-order valence-corrected chi connectivity index (χ3v) is 13.0. The van der Waals surface area contributed by atoms with E-state index in [9.17, 15) is 29.4 Å². The number of Topliss-reactive ketones (excluding diaryl/α,β-unsaturated/α-hetero) is 2. The Morgan fingerprint density at radius 2 is 1.61 bits per heavy atom. The van der Waals surface area contributed by atoms with Crippen molar-refractivity contribution >= 4 is 23.4 Å². The van der Waals surface area contributed by atoms with Gasteiger partial charge in [0.15, 0.2) is 5.72 Å². The minimum atomic E-state index is -2.01. The molecule has 3 heterocycles. The summed E-state index contributed by atoms with van der Waals surface area (Å²) in [5.74, 6) is -4.53. The van der Waals surface area contributed by atoms with E-state index in [0.717, 1.165) is 5.57 Å². The summed E-state index contributed by atoms with van der Waals surface area (Å²) in [5, 5.41) is 22.1. The number of methoxy groups -OCH3 is 3. The number of ketones is 2. The Bertz CT molecular complexity index is 1480. The molecule has 1 saturated carbocycles. The molecule has 4 rings (SSSR count). The number of ether oxygens (including phenoxy) is 5. The Labute approximate surface area is 339 Å². The summed E-state index contributed by atoms with van der Waals surface area (Å²) in [4.78, 5) is 58.1. The largest absolute Gasteiger partial charge is 0.456 e. The molecule has 2 saturated heterocycles. The van der Waals surface area contributed by atoms with E-state index < -0.39 is 83.8 Å². The summed E-state index contributed by atoms with van der Waals surface area (Å²) in [6.07, 6.45) is 5.71. The SMILES string of the molecule is C=CC[C@@H]1/C=C(\C)C[C@H](C)C[C@H](OC)[C@H]2OC(N)(C(=O)C(=O)N3CCCC[C@H]3C(=O)O[C@H](/C(C)=C/[C@@H]3CC[C@@H](O)[C@H](OC)C3)[C@H](C)[C@@H](O)CC1=O)[C@H](C)C[C@@H]2OC. The topological polar surface area (TPSA) is 184 Å². The van der Waals surface area contributed by atoms with Crippen LogP contribution in [0.4, 0.5) is 0 Å². The molecule has 0 aromatic rings. The van der Waals surface area contributed by atoms with Crippen LogP contribution in [0.5, 0.6) is 0 Å². The number of carbonyl (C=O) groups is 4. The number of nitrogens with two attached hydrogens (primary N) is 1. The number of nitrogens with zero attached hydrogens (tertiary/aromatic N) is 1. The third kappa shape index (κ3) is 11.3. The molecular weight excluding hydrogens is 732 g/mol. The van der Waals surface area contributed by atoms with Crippen LogP contribution in [0.1, 0.15) is 105 Å². The van der Waals surface area contributed by atoms with Crippen molar-refractivity contribution in [2.45, 2.75) is 160 Å². The molecule has 4 aliphatic rings. The van der Waals surface area contributed by atoms with E-state index in [4.69, 9.17) is 29.4 Å². The molecule has 0 aromatic carbocycles. The fourth-order valence-electron chi connectivity index (χ4n) is 9.47. The number of hydrogen-bond donors (Lipinski definition) is 3. The highest BCUT2D eigenvalue weighted by molar-refractivity contribution is 6.39. The smallest absolute Gasteiger partial charge is 0.329 e. The normalized spacial score (nSPS) is 41.0. The lowest BCUT2D eigenvalue weighted by atomic mass is 9.80. The Balaban J connectivity index is 1.78. The van der Waals surface area contributed by atoms with Crippen molar-refractivity contribution in [3.63, 3.8) is 0 Å². The fraction of sp³-hybridized carbons (Fsp3) is 0.773. The van der Waals surface area contributed by atoms with Gasteiger partial charge in [0.1, 0.15) is 24.0 Å². The van der Waals surface area contributed by atoms with Gasteiger partial charge >= 0.3 is 5.97 Å². The minimum Gasteiger partial charge on any atom is -0.456 e. The lowest BCUT2D eigenvalue weighted by Gasteiger charge is -2.47. The van der Waals surface area contributed by atoms with Crippen molar-refractivity contribution in [1.82, 2.24) is 4.90 Å². The highest BCUT2D eigenvalue weighted by Crippen LogP contribution is 2.38. The van der Waals surface area contributed by atoms with Crippen molar-refractivity contribution < 1.29 is 53.1 Å². The lowest BCUT2D eigenvalue weighted by Crippen LogP contribution is -2.68. The van der Waals surface area contributed by atoms with E-state index >= 15 is 0 Å². The van der Waals surface area contributed by atoms with Gasteiger partial charge in [-0.1, -0.05) is 44.6 Å². The first-order chi connectivity index (χ1) is 27.0. The van der Waals surface area contributed by atoms with E-state index in [1.54, 1.807) is 41.3 Å². The van der Waals surface area contributed by atoms with Crippen LogP contribution >= 0.6 is 0 Å². The van der Waals surface area contributed by atoms with Crippen LogP contribution in [0.2, 0.25) is 0 Å². The maximum atomic E-state index is 14.3. The zero-order valence-corrected chi connectivity index (χ0v) is 35.5. The van der Waals surface area contributed by atoms with Gasteiger partial charge in [-0.15, -0.1) is 6.58 Å². The number of rotatable bonds is 7. The Hall–Kier alpha value is -2.78. The first-order valence-corrected chi connectivity index (χ1v) is 21.0. The number of allylic oxidation sites excluding steroid dienone is 4. The van der Waals surface area contributed by atoms with Crippen LogP contribution in [0.25, 0.3) is 0 Å². The highest BCUT2D eigenvalue weighted by Gasteiger charge is 2.55. The molecule has 3 aliphatic heterocycles. The van der Waals surface area contributed by atoms with Crippen molar-refractivity contribution in [3.05, 3.63) is 36.0 Å². The predicted octanol–water partition coefficient (Wildman–Crippen LogP) is 4.61. The molecule has 0 spiro atoms. The van der Waals surface area contributed by atoms with Gasteiger partial charge < -0.3 is 38.8 Å². The third-order valence-electron chi connectivity index (χ3n) is 13.0. The quantitative estimate of drug-likeness (QED) is 0.185. The van der Waals surface area contributed by atoms with E-state index in [1.165, 1.54) is 4.90 Å². The Morgan fingerprint density at radius 1 is 0.947 bits per heavy atom. The van der Waals surface area contributed by atoms with Crippen LogP contribution in [0.3, 0.4) is 0 Å². The zero-order chi connectivity index (χ0) is 42.2. The van der Waals surface area contributed by atoms with E-state index in [1.807, 2.05) is 26.0 Å². The van der Waals surface area contributed by atoms with Gasteiger partial charge in [0.2, 0.25) is 0 Å². The van der Waals surface area contributed by atoms with Crippen molar-refractivity contribution in [2.75, 3.05) is 27.9 Å². The monoisotopic (exact) mass is 802 g/mol. The molecule has 0 radical (unpaired) electrons. The lowest BCUT2D eigenvalue weighted by molar-refractivity contribution is -0.233. The van der Waals surface area contributed by atoms with Gasteiger partial charge in [0, 0.05) is 52.0 Å². The van der Waals surface area contributed by atoms with Crippen molar-refractivity contribution in [3.8, 4) is 0 Å². The maximum Gasteiger partial charge on any atom is 0.329 e. The van der Waals surface area contributed by atoms with Crippen molar-refractivity contribution in [2.24, 2.45) is 35.3 Å². The number of esters is 1. The fourth-order valence-corrected chi connectivity index (χ4v) is 9.47. The van der Waals surface area contributed by atoms with Gasteiger partial charge in [-0.05, 0) is 95.5 Å². The molecule has 13 nitrogen and oxygen atoms in total. The number of carbonyl (C=O) groups excluding carboxylic acids is 4. The molecule has 13 heteroatoms. The van der Waals surface area contributed by atoms with Gasteiger partial charge in [-0.3, -0.25) is 20.1 Å². The molecule has 1 amide bonds. The summed E-state index contributed by atoms with van der Waals surface area (Å²) in [5.41, 5.74) is 6.49. The predicted molar refractivity (Wildman–Crippen MR) is 215 cm³/mol. The molecule has 3 fully saturated rings. The summed E-state index contributed by atoms with van der Waals surface area (Å²) in [6, 6.07) is -1.09. The molecule has 322 valence electrons. The minimum absolute atomic E-state index is 0.00323. The number of hydrogen-bond acceptors (Lipinski definition) is 12. The zero-order valence-electron chi connectivity index (χ0n) is 35.5. The summed E-state index contributed by atoms with van der Waals surface area (Å²) in [6.45, 7) is 13.4. The van der Waals surface area contributed by atoms with Crippen LogP contribution in [0.15, 0.2) is 36.0 Å². The number of cyclic esters (lactones) is 1. The van der Waals surface area contributed by atoms with E-state index in [0.29, 0.717) is 63.4 Å². The number of aliphatic hydroxyl groups excluding tert-OH is 2. The molecule has 1 unspecified atom stereocenters. The molecule has 14 atom stereocenters. The first-order valence-electron chi connectivity index (χ1n) is 21.0. The number of piperidine rings is 1. The van der Waals surface area contributed by atoms with Gasteiger partial charge in [0.25, 0.3) is 11.7 Å². The molecule has 1 aliphatic carbocycles. The van der Waals surface area contributed by atoms with Gasteiger partial charge in [0.05, 0.1) is 30.5 Å². The molecule has 57 heavy (non-hydrogen) atoms. The van der Waals surface area contributed by atoms with Crippen LogP contribution in [-0.2, 0) is 42.9 Å². The molecule has 4 N–H and O–H groups in total. The van der Waals surface area contributed by atoms with Crippen LogP contribution < -0.4 is 5.73 Å². The first kappa shape index (κ1) is 46.9. The average Bonchev–Trinajstić information content (AvgIpc) is 3.18. The maximum absolute atomic E-state index is 14.3. The number of aliphatic hydroxyl groups is 2.